The number of ether oxygens (including phenoxy) is 1. The molecule has 1 atom stereocenters. The molecule has 0 aliphatic heterocycles. The molecule has 0 aromatic heterocycles. The van der Waals surface area contributed by atoms with Crippen LogP contribution >= 0.6 is 0 Å². The summed E-state index contributed by atoms with van der Waals surface area (Å²) in [4.78, 5) is 11.9. The predicted molar refractivity (Wildman–Crippen MR) is 122 cm³/mol. The third-order valence-corrected chi connectivity index (χ3v) is 5.77. The lowest BCUT2D eigenvalue weighted by molar-refractivity contribution is 0.0692. The number of hydrogen-bond acceptors (Lipinski definition) is 3. The van der Waals surface area contributed by atoms with Crippen LogP contribution in [0, 0.1) is 11.8 Å². The van der Waals surface area contributed by atoms with Crippen molar-refractivity contribution in [1.29, 1.82) is 0 Å². The van der Waals surface area contributed by atoms with Crippen LogP contribution in [0.4, 0.5) is 0 Å². The van der Waals surface area contributed by atoms with Gasteiger partial charge in [0.05, 0.1) is 7.11 Å². The Bertz CT molecular complexity index is 812. The number of methoxy groups -OCH3 is 1. The smallest absolute Gasteiger partial charge is 0.339 e. The van der Waals surface area contributed by atoms with Crippen LogP contribution in [0.5, 0.6) is 11.5 Å². The highest BCUT2D eigenvalue weighted by Crippen LogP contribution is 2.37. The number of phenols is 1. The largest absolute Gasteiger partial charge is 0.507 e. The van der Waals surface area contributed by atoms with Crippen LogP contribution in [-0.4, -0.2) is 23.3 Å². The van der Waals surface area contributed by atoms with Crippen molar-refractivity contribution in [2.24, 2.45) is 11.8 Å². The van der Waals surface area contributed by atoms with Crippen LogP contribution < -0.4 is 4.74 Å². The van der Waals surface area contributed by atoms with Gasteiger partial charge in [0.1, 0.15) is 17.1 Å². The monoisotopic (exact) mass is 412 g/mol. The highest BCUT2D eigenvalue weighted by atomic mass is 16.5. The Balaban J connectivity index is 2.18. The van der Waals surface area contributed by atoms with E-state index in [9.17, 15) is 15.0 Å². The summed E-state index contributed by atoms with van der Waals surface area (Å²) in [5, 5.41) is 20.6. The maximum atomic E-state index is 11.9. The number of aromatic hydroxyl groups is 1. The minimum Gasteiger partial charge on any atom is -0.507 e. The number of rotatable bonds is 12. The van der Waals surface area contributed by atoms with Crippen LogP contribution in [0.2, 0.25) is 0 Å². The Hall–Kier alpha value is -2.49. The SMILES string of the molecule is COc1cc(CCc2ccccc2)c(C(=O)O)c(O)c1CCC(C)CCCC(C)C. The van der Waals surface area contributed by atoms with Gasteiger partial charge in [0.2, 0.25) is 0 Å². The van der Waals surface area contributed by atoms with E-state index in [-0.39, 0.29) is 11.3 Å². The second kappa shape index (κ2) is 11.6. The van der Waals surface area contributed by atoms with E-state index in [1.54, 1.807) is 13.2 Å². The molecule has 0 radical (unpaired) electrons. The zero-order chi connectivity index (χ0) is 22.1. The Kier molecular flexibility index (Phi) is 9.22. The third-order valence-electron chi connectivity index (χ3n) is 5.77. The lowest BCUT2D eigenvalue weighted by atomic mass is 9.90. The van der Waals surface area contributed by atoms with E-state index in [0.717, 1.165) is 18.4 Å². The number of aromatic carboxylic acids is 1. The first kappa shape index (κ1) is 23.8. The van der Waals surface area contributed by atoms with Gasteiger partial charge in [0, 0.05) is 5.56 Å². The first-order valence-corrected chi connectivity index (χ1v) is 11.0. The second-order valence-electron chi connectivity index (χ2n) is 8.70. The topological polar surface area (TPSA) is 66.8 Å². The molecule has 0 saturated heterocycles. The van der Waals surface area contributed by atoms with Gasteiger partial charge >= 0.3 is 5.97 Å². The summed E-state index contributed by atoms with van der Waals surface area (Å²) < 4.78 is 5.55. The van der Waals surface area contributed by atoms with Crippen LogP contribution in [-0.2, 0) is 19.3 Å². The molecule has 0 heterocycles. The standard InChI is InChI=1S/C26H36O4/c1-18(2)9-8-10-19(3)13-16-22-23(30-4)17-21(24(25(22)27)26(28)29)15-14-20-11-6-5-7-12-20/h5-7,11-12,17-19,27H,8-10,13-16H2,1-4H3,(H,28,29). The van der Waals surface area contributed by atoms with Crippen molar-refractivity contribution in [2.75, 3.05) is 7.11 Å². The normalized spacial score (nSPS) is 12.2. The highest BCUT2D eigenvalue weighted by molar-refractivity contribution is 5.93. The van der Waals surface area contributed by atoms with Crippen LogP contribution in [0.15, 0.2) is 36.4 Å². The van der Waals surface area contributed by atoms with E-state index in [2.05, 4.69) is 20.8 Å². The molecule has 0 saturated carbocycles. The van der Waals surface area contributed by atoms with Crippen LogP contribution in [0.1, 0.15) is 73.5 Å². The third kappa shape index (κ3) is 6.79. The summed E-state index contributed by atoms with van der Waals surface area (Å²) in [5.41, 5.74) is 2.35. The summed E-state index contributed by atoms with van der Waals surface area (Å²) in [6, 6.07) is 11.7. The average molecular weight is 413 g/mol. The molecular weight excluding hydrogens is 376 g/mol. The number of aryl methyl sites for hydroxylation is 2. The van der Waals surface area contributed by atoms with E-state index in [1.165, 1.54) is 12.8 Å². The van der Waals surface area contributed by atoms with Gasteiger partial charge in [-0.3, -0.25) is 0 Å². The van der Waals surface area contributed by atoms with E-state index in [0.29, 0.717) is 48.0 Å². The summed E-state index contributed by atoms with van der Waals surface area (Å²) in [6.07, 6.45) is 6.29. The van der Waals surface area contributed by atoms with E-state index >= 15 is 0 Å². The van der Waals surface area contributed by atoms with Crippen molar-refractivity contribution in [3.8, 4) is 11.5 Å². The van der Waals surface area contributed by atoms with Crippen molar-refractivity contribution in [3.05, 3.63) is 58.7 Å². The Morgan fingerprint density at radius 3 is 2.30 bits per heavy atom. The number of carbonyl (C=O) groups is 1. The van der Waals surface area contributed by atoms with Gasteiger partial charge < -0.3 is 14.9 Å². The molecule has 0 aliphatic rings. The van der Waals surface area contributed by atoms with Gasteiger partial charge in [-0.15, -0.1) is 0 Å². The predicted octanol–water partition coefficient (Wildman–Crippen LogP) is 6.28. The molecule has 2 aromatic rings. The Labute approximate surface area is 180 Å². The molecule has 30 heavy (non-hydrogen) atoms. The van der Waals surface area contributed by atoms with Gasteiger partial charge in [-0.1, -0.05) is 70.4 Å². The van der Waals surface area contributed by atoms with E-state index in [1.807, 2.05) is 30.3 Å². The molecule has 0 fully saturated rings. The average Bonchev–Trinajstić information content (AvgIpc) is 2.71. The first-order valence-electron chi connectivity index (χ1n) is 11.0. The minimum absolute atomic E-state index is 0.00851. The summed E-state index contributed by atoms with van der Waals surface area (Å²) in [5.74, 6) is 0.570. The molecular formula is C26H36O4. The maximum absolute atomic E-state index is 11.9. The fraction of sp³-hybridized carbons (Fsp3) is 0.500. The van der Waals surface area contributed by atoms with Crippen molar-refractivity contribution in [2.45, 2.75) is 65.7 Å². The molecule has 4 heteroatoms. The molecule has 4 nitrogen and oxygen atoms in total. The molecule has 0 aliphatic carbocycles. The van der Waals surface area contributed by atoms with Gasteiger partial charge in [0.15, 0.2) is 0 Å². The van der Waals surface area contributed by atoms with Crippen LogP contribution in [0.3, 0.4) is 0 Å². The lowest BCUT2D eigenvalue weighted by Gasteiger charge is -2.18. The molecule has 2 rings (SSSR count). The van der Waals surface area contributed by atoms with E-state index < -0.39 is 5.97 Å². The number of carboxylic acids is 1. The maximum Gasteiger partial charge on any atom is 0.339 e. The Morgan fingerprint density at radius 1 is 1.00 bits per heavy atom. The highest BCUT2D eigenvalue weighted by Gasteiger charge is 2.23. The fourth-order valence-electron chi connectivity index (χ4n) is 3.93. The summed E-state index contributed by atoms with van der Waals surface area (Å²) in [7, 11) is 1.58. The van der Waals surface area contributed by atoms with Gasteiger partial charge in [0.25, 0.3) is 0 Å². The minimum atomic E-state index is -1.09. The fourth-order valence-corrected chi connectivity index (χ4v) is 3.93. The van der Waals surface area contributed by atoms with Gasteiger partial charge in [-0.2, -0.15) is 0 Å². The first-order chi connectivity index (χ1) is 14.3. The quantitative estimate of drug-likeness (QED) is 0.430. The molecule has 164 valence electrons. The summed E-state index contributed by atoms with van der Waals surface area (Å²) in [6.45, 7) is 6.69. The zero-order valence-electron chi connectivity index (χ0n) is 18.8. The van der Waals surface area contributed by atoms with Crippen molar-refractivity contribution >= 4 is 5.97 Å². The molecule has 0 spiro atoms. The van der Waals surface area contributed by atoms with E-state index in [4.69, 9.17) is 4.74 Å². The lowest BCUT2D eigenvalue weighted by Crippen LogP contribution is -2.09. The molecule has 2 aromatic carbocycles. The molecule has 0 bridgehead atoms. The Morgan fingerprint density at radius 2 is 1.70 bits per heavy atom. The van der Waals surface area contributed by atoms with Crippen molar-refractivity contribution in [1.82, 2.24) is 0 Å². The van der Waals surface area contributed by atoms with Gasteiger partial charge in [-0.25, -0.2) is 4.79 Å². The zero-order valence-corrected chi connectivity index (χ0v) is 18.8. The molecule has 0 amide bonds. The number of benzene rings is 2. The van der Waals surface area contributed by atoms with Gasteiger partial charge in [-0.05, 0) is 54.7 Å². The summed E-state index contributed by atoms with van der Waals surface area (Å²) >= 11 is 0. The molecule has 2 N–H and O–H groups in total. The number of hydrogen-bond donors (Lipinski definition) is 2. The molecule has 1 unspecified atom stereocenters. The number of carboxylic acid groups (broad SMARTS) is 1. The van der Waals surface area contributed by atoms with Crippen molar-refractivity contribution < 1.29 is 19.7 Å². The van der Waals surface area contributed by atoms with Crippen LogP contribution in [0.25, 0.3) is 0 Å². The second-order valence-corrected chi connectivity index (χ2v) is 8.70. The van der Waals surface area contributed by atoms with Crippen molar-refractivity contribution in [3.63, 3.8) is 0 Å².